The van der Waals surface area contributed by atoms with Gasteiger partial charge in [-0.2, -0.15) is 0 Å². The number of hydrogen-bond donors (Lipinski definition) is 1. The Hall–Kier alpha value is -2.47. The van der Waals surface area contributed by atoms with Crippen molar-refractivity contribution in [2.75, 3.05) is 0 Å². The number of carbonyl (C=O) groups is 1. The Kier molecular flexibility index (Phi) is 5.06. The molecule has 1 atom stereocenters. The molecule has 3 heterocycles. The quantitative estimate of drug-likeness (QED) is 0.729. The van der Waals surface area contributed by atoms with Crippen molar-refractivity contribution in [1.29, 1.82) is 0 Å². The summed E-state index contributed by atoms with van der Waals surface area (Å²) in [5, 5.41) is 0.677. The number of amides is 1. The number of aromatic amines is 1. The second-order valence-electron chi connectivity index (χ2n) is 7.53. The third-order valence-electron chi connectivity index (χ3n) is 5.81. The molecule has 0 saturated heterocycles. The average Bonchev–Trinajstić information content (AvgIpc) is 2.99. The molecule has 6 heteroatoms. The first kappa shape index (κ1) is 18.9. The zero-order chi connectivity index (χ0) is 19.8. The third kappa shape index (κ3) is 3.37. The molecule has 4 rings (SSSR count). The van der Waals surface area contributed by atoms with Crippen LogP contribution < -0.4 is 5.56 Å². The van der Waals surface area contributed by atoms with Gasteiger partial charge in [0, 0.05) is 30.3 Å². The third-order valence-corrected chi connectivity index (χ3v) is 6.91. The summed E-state index contributed by atoms with van der Waals surface area (Å²) < 4.78 is 0. The number of fused-ring (bicyclic) bond motifs is 2. The molecule has 0 radical (unpaired) electrons. The molecule has 28 heavy (non-hydrogen) atoms. The van der Waals surface area contributed by atoms with Gasteiger partial charge < -0.3 is 9.88 Å². The Morgan fingerprint density at radius 2 is 2.04 bits per heavy atom. The predicted molar refractivity (Wildman–Crippen MR) is 113 cm³/mol. The van der Waals surface area contributed by atoms with Crippen molar-refractivity contribution in [2.45, 2.75) is 59.0 Å². The number of hydrogen-bond acceptors (Lipinski definition) is 4. The molecule has 1 aromatic carbocycles. The number of aromatic nitrogens is 2. The van der Waals surface area contributed by atoms with Gasteiger partial charge in [0.25, 0.3) is 5.56 Å². The van der Waals surface area contributed by atoms with Gasteiger partial charge in [-0.1, -0.05) is 31.2 Å². The van der Waals surface area contributed by atoms with Gasteiger partial charge in [-0.25, -0.2) is 4.98 Å². The molecule has 2 aromatic heterocycles. The van der Waals surface area contributed by atoms with Crippen LogP contribution in [0.25, 0.3) is 10.2 Å². The molecular weight excluding hydrogens is 370 g/mol. The minimum atomic E-state index is -0.104. The molecular formula is C22H25N3O2S. The van der Waals surface area contributed by atoms with Crippen LogP contribution in [0.3, 0.4) is 0 Å². The Morgan fingerprint density at radius 3 is 2.79 bits per heavy atom. The average molecular weight is 396 g/mol. The lowest BCUT2D eigenvalue weighted by Crippen LogP contribution is -2.44. The molecule has 0 aliphatic carbocycles. The molecule has 0 fully saturated rings. The minimum Gasteiger partial charge on any atom is -0.335 e. The number of H-pyrrole nitrogens is 1. The van der Waals surface area contributed by atoms with Gasteiger partial charge in [0.15, 0.2) is 0 Å². The number of carbonyl (C=O) groups excluding carboxylic acids is 1. The highest BCUT2D eigenvalue weighted by Crippen LogP contribution is 2.27. The molecule has 146 valence electrons. The molecule has 1 amide bonds. The van der Waals surface area contributed by atoms with E-state index in [-0.39, 0.29) is 17.5 Å². The van der Waals surface area contributed by atoms with E-state index in [0.29, 0.717) is 30.6 Å². The first-order chi connectivity index (χ1) is 13.5. The fraction of sp³-hybridized carbons (Fsp3) is 0.409. The maximum absolute atomic E-state index is 13.0. The highest BCUT2D eigenvalue weighted by atomic mass is 32.1. The summed E-state index contributed by atoms with van der Waals surface area (Å²) in [6, 6.07) is 8.60. The summed E-state index contributed by atoms with van der Waals surface area (Å²) in [5.41, 5.74) is 3.47. The maximum atomic E-state index is 13.0. The second-order valence-corrected chi connectivity index (χ2v) is 8.74. The number of rotatable bonds is 4. The van der Waals surface area contributed by atoms with Crippen LogP contribution in [0.15, 0.2) is 29.1 Å². The Labute approximate surface area is 168 Å². The van der Waals surface area contributed by atoms with E-state index in [1.165, 1.54) is 22.5 Å². The van der Waals surface area contributed by atoms with Crippen LogP contribution in [0.5, 0.6) is 0 Å². The summed E-state index contributed by atoms with van der Waals surface area (Å²) in [5.74, 6) is 0.722. The number of nitrogens with zero attached hydrogens (tertiary/aromatic N) is 2. The van der Waals surface area contributed by atoms with Crippen molar-refractivity contribution in [3.05, 3.63) is 62.0 Å². The number of benzene rings is 1. The highest BCUT2D eigenvalue weighted by molar-refractivity contribution is 7.18. The topological polar surface area (TPSA) is 66.1 Å². The van der Waals surface area contributed by atoms with Crippen LogP contribution in [-0.4, -0.2) is 26.8 Å². The smallest absolute Gasteiger partial charge is 0.259 e. The van der Waals surface area contributed by atoms with Crippen LogP contribution in [0.1, 0.15) is 47.2 Å². The first-order valence-electron chi connectivity index (χ1n) is 9.83. The molecule has 1 aliphatic heterocycles. The highest BCUT2D eigenvalue weighted by Gasteiger charge is 2.28. The van der Waals surface area contributed by atoms with Gasteiger partial charge >= 0.3 is 0 Å². The van der Waals surface area contributed by atoms with Gasteiger partial charge in [0.05, 0.1) is 5.39 Å². The van der Waals surface area contributed by atoms with E-state index < -0.39 is 0 Å². The van der Waals surface area contributed by atoms with Gasteiger partial charge in [-0.05, 0) is 43.4 Å². The molecule has 1 N–H and O–H groups in total. The zero-order valence-electron chi connectivity index (χ0n) is 16.5. The van der Waals surface area contributed by atoms with E-state index in [0.717, 1.165) is 28.1 Å². The van der Waals surface area contributed by atoms with Crippen LogP contribution >= 0.6 is 11.3 Å². The van der Waals surface area contributed by atoms with Crippen molar-refractivity contribution >= 4 is 27.5 Å². The zero-order valence-corrected chi connectivity index (χ0v) is 17.4. The summed E-state index contributed by atoms with van der Waals surface area (Å²) in [7, 11) is 0. The number of nitrogens with one attached hydrogen (secondary N) is 1. The lowest BCUT2D eigenvalue weighted by Gasteiger charge is -2.36. The molecule has 5 nitrogen and oxygen atoms in total. The van der Waals surface area contributed by atoms with E-state index in [2.05, 4.69) is 35.1 Å². The minimum absolute atomic E-state index is 0.104. The number of aryl methyl sites for hydroxylation is 3. The van der Waals surface area contributed by atoms with E-state index in [9.17, 15) is 9.59 Å². The summed E-state index contributed by atoms with van der Waals surface area (Å²) in [4.78, 5) is 36.7. The monoisotopic (exact) mass is 395 g/mol. The molecule has 1 unspecified atom stereocenters. The molecule has 3 aromatic rings. The second kappa shape index (κ2) is 7.51. The fourth-order valence-corrected chi connectivity index (χ4v) is 5.08. The lowest BCUT2D eigenvalue weighted by atomic mass is 9.92. The van der Waals surface area contributed by atoms with Crippen LogP contribution in [0, 0.1) is 13.8 Å². The van der Waals surface area contributed by atoms with Crippen molar-refractivity contribution < 1.29 is 4.79 Å². The van der Waals surface area contributed by atoms with Gasteiger partial charge in [0.1, 0.15) is 10.7 Å². The summed E-state index contributed by atoms with van der Waals surface area (Å²) >= 11 is 1.54. The molecule has 1 aliphatic rings. The van der Waals surface area contributed by atoms with Gasteiger partial charge in [0.2, 0.25) is 5.91 Å². The Morgan fingerprint density at radius 1 is 1.29 bits per heavy atom. The van der Waals surface area contributed by atoms with E-state index in [1.54, 1.807) is 0 Å². The summed E-state index contributed by atoms with van der Waals surface area (Å²) in [6.45, 7) is 6.75. The standard InChI is InChI=1S/C22H25N3O2S/c1-4-17-11-15-7-5-6-8-16(15)12-25(17)19(26)10-9-18-23-21(27)20-13(2)14(3)28-22(20)24-18/h5-8,17H,4,9-12H2,1-3H3,(H,23,24,27). The molecule has 0 saturated carbocycles. The molecule has 0 spiro atoms. The van der Waals surface area contributed by atoms with Crippen molar-refractivity contribution in [3.63, 3.8) is 0 Å². The van der Waals surface area contributed by atoms with E-state index in [4.69, 9.17) is 0 Å². The van der Waals surface area contributed by atoms with Crippen LogP contribution in [0.2, 0.25) is 0 Å². The Balaban J connectivity index is 1.51. The maximum Gasteiger partial charge on any atom is 0.259 e. The Bertz CT molecular complexity index is 1100. The van der Waals surface area contributed by atoms with Gasteiger partial charge in [-0.15, -0.1) is 11.3 Å². The normalized spacial score (nSPS) is 16.4. The summed E-state index contributed by atoms with van der Waals surface area (Å²) in [6.07, 6.45) is 2.66. The van der Waals surface area contributed by atoms with Gasteiger partial charge in [-0.3, -0.25) is 9.59 Å². The van der Waals surface area contributed by atoms with E-state index in [1.807, 2.05) is 24.8 Å². The fourth-order valence-electron chi connectivity index (χ4n) is 4.03. The van der Waals surface area contributed by atoms with Crippen molar-refractivity contribution in [1.82, 2.24) is 14.9 Å². The van der Waals surface area contributed by atoms with Crippen LogP contribution in [-0.2, 0) is 24.2 Å². The molecule has 0 bridgehead atoms. The number of thiophene rings is 1. The largest absolute Gasteiger partial charge is 0.335 e. The van der Waals surface area contributed by atoms with Crippen molar-refractivity contribution in [3.8, 4) is 0 Å². The van der Waals surface area contributed by atoms with Crippen molar-refractivity contribution in [2.24, 2.45) is 0 Å². The predicted octanol–water partition coefficient (Wildman–Crippen LogP) is 3.90. The SMILES string of the molecule is CCC1Cc2ccccc2CN1C(=O)CCc1nc2sc(C)c(C)c2c(=O)[nH]1. The lowest BCUT2D eigenvalue weighted by molar-refractivity contribution is -0.134. The van der Waals surface area contributed by atoms with Crippen LogP contribution in [0.4, 0.5) is 0 Å². The first-order valence-corrected chi connectivity index (χ1v) is 10.6. The van der Waals surface area contributed by atoms with E-state index >= 15 is 0 Å².